The fourth-order valence-corrected chi connectivity index (χ4v) is 1.95. The molecule has 2 N–H and O–H groups in total. The standard InChI is InChI=1S/C10H14N2O2S/c1-7(10(13)14-2)6-15-9-3-4-12-5-8(9)11/h3-5,7H,6,11H2,1-2H3. The van der Waals surface area contributed by atoms with Crippen LogP contribution < -0.4 is 5.73 Å². The lowest BCUT2D eigenvalue weighted by Crippen LogP contribution is -2.14. The molecule has 1 heterocycles. The molecule has 0 amide bonds. The summed E-state index contributed by atoms with van der Waals surface area (Å²) in [6.45, 7) is 1.83. The number of hydrogen-bond acceptors (Lipinski definition) is 5. The van der Waals surface area contributed by atoms with E-state index >= 15 is 0 Å². The maximum absolute atomic E-state index is 11.1. The Labute approximate surface area is 93.2 Å². The quantitative estimate of drug-likeness (QED) is 0.623. The molecule has 1 aromatic heterocycles. The van der Waals surface area contributed by atoms with Crippen LogP contribution in [0.25, 0.3) is 0 Å². The molecule has 0 aliphatic heterocycles. The van der Waals surface area contributed by atoms with Crippen molar-refractivity contribution < 1.29 is 9.53 Å². The Balaban J connectivity index is 2.50. The summed E-state index contributed by atoms with van der Waals surface area (Å²) in [5, 5.41) is 0. The van der Waals surface area contributed by atoms with Crippen molar-refractivity contribution in [1.82, 2.24) is 4.98 Å². The fourth-order valence-electron chi connectivity index (χ4n) is 1.01. The SMILES string of the molecule is COC(=O)C(C)CSc1ccncc1N. The van der Waals surface area contributed by atoms with Gasteiger partial charge in [0.1, 0.15) is 0 Å². The molecule has 0 fully saturated rings. The lowest BCUT2D eigenvalue weighted by Gasteiger charge is -2.09. The van der Waals surface area contributed by atoms with Gasteiger partial charge < -0.3 is 10.5 Å². The van der Waals surface area contributed by atoms with E-state index in [4.69, 9.17) is 5.73 Å². The molecule has 0 aromatic carbocycles. The third kappa shape index (κ3) is 3.43. The first-order chi connectivity index (χ1) is 7.15. The summed E-state index contributed by atoms with van der Waals surface area (Å²) < 4.78 is 4.63. The van der Waals surface area contributed by atoms with Gasteiger partial charge in [0.15, 0.2) is 0 Å². The first-order valence-corrected chi connectivity index (χ1v) is 5.53. The van der Waals surface area contributed by atoms with Crippen LogP contribution in [0.2, 0.25) is 0 Å². The largest absolute Gasteiger partial charge is 0.469 e. The van der Waals surface area contributed by atoms with E-state index in [0.29, 0.717) is 11.4 Å². The van der Waals surface area contributed by atoms with E-state index in [2.05, 4.69) is 9.72 Å². The molecule has 0 aliphatic carbocycles. The minimum Gasteiger partial charge on any atom is -0.469 e. The molecule has 4 nitrogen and oxygen atoms in total. The number of aromatic nitrogens is 1. The number of thioether (sulfide) groups is 1. The highest BCUT2D eigenvalue weighted by Gasteiger charge is 2.13. The zero-order chi connectivity index (χ0) is 11.3. The molecule has 0 spiro atoms. The van der Waals surface area contributed by atoms with Crippen LogP contribution >= 0.6 is 11.8 Å². The molecule has 1 atom stereocenters. The molecular weight excluding hydrogens is 212 g/mol. The summed E-state index contributed by atoms with van der Waals surface area (Å²) in [6.07, 6.45) is 3.28. The summed E-state index contributed by atoms with van der Waals surface area (Å²) in [5.41, 5.74) is 6.35. The predicted octanol–water partition coefficient (Wildman–Crippen LogP) is 1.56. The lowest BCUT2D eigenvalue weighted by atomic mass is 10.2. The second kappa shape index (κ2) is 5.60. The molecule has 15 heavy (non-hydrogen) atoms. The number of carbonyl (C=O) groups excluding carboxylic acids is 1. The van der Waals surface area contributed by atoms with Crippen LogP contribution in [0.15, 0.2) is 23.4 Å². The van der Waals surface area contributed by atoms with E-state index in [1.807, 2.05) is 13.0 Å². The second-order valence-corrected chi connectivity index (χ2v) is 4.21. The summed E-state index contributed by atoms with van der Waals surface area (Å²) in [5.74, 6) is 0.323. The third-order valence-electron chi connectivity index (χ3n) is 1.90. The Morgan fingerprint density at radius 1 is 1.73 bits per heavy atom. The maximum atomic E-state index is 11.1. The molecule has 0 saturated heterocycles. The summed E-state index contributed by atoms with van der Waals surface area (Å²) in [4.78, 5) is 16.0. The van der Waals surface area contributed by atoms with Gasteiger partial charge in [-0.25, -0.2) is 0 Å². The first kappa shape index (κ1) is 11.8. The number of ether oxygens (including phenoxy) is 1. The number of nitrogens with zero attached hydrogens (tertiary/aromatic N) is 1. The number of methoxy groups -OCH3 is 1. The average Bonchev–Trinajstić information content (AvgIpc) is 2.26. The van der Waals surface area contributed by atoms with Gasteiger partial charge in [-0.3, -0.25) is 9.78 Å². The molecule has 0 saturated carbocycles. The van der Waals surface area contributed by atoms with Gasteiger partial charge in [-0.1, -0.05) is 6.92 Å². The van der Waals surface area contributed by atoms with Gasteiger partial charge in [-0.05, 0) is 6.07 Å². The summed E-state index contributed by atoms with van der Waals surface area (Å²) >= 11 is 1.53. The number of carbonyl (C=O) groups is 1. The summed E-state index contributed by atoms with van der Waals surface area (Å²) in [7, 11) is 1.39. The highest BCUT2D eigenvalue weighted by Crippen LogP contribution is 2.25. The van der Waals surface area contributed by atoms with E-state index in [1.54, 1.807) is 12.4 Å². The zero-order valence-electron chi connectivity index (χ0n) is 8.77. The van der Waals surface area contributed by atoms with Crippen molar-refractivity contribution in [2.75, 3.05) is 18.6 Å². The van der Waals surface area contributed by atoms with Gasteiger partial charge in [-0.15, -0.1) is 11.8 Å². The van der Waals surface area contributed by atoms with Gasteiger partial charge in [-0.2, -0.15) is 0 Å². The van der Waals surface area contributed by atoms with Crippen molar-refractivity contribution in [3.05, 3.63) is 18.5 Å². The average molecular weight is 226 g/mol. The number of nitrogens with two attached hydrogens (primary N) is 1. The molecule has 1 unspecified atom stereocenters. The number of esters is 1. The van der Waals surface area contributed by atoms with Crippen molar-refractivity contribution >= 4 is 23.4 Å². The topological polar surface area (TPSA) is 65.2 Å². The minimum atomic E-state index is -0.199. The monoisotopic (exact) mass is 226 g/mol. The molecule has 0 aliphatic rings. The predicted molar refractivity (Wildman–Crippen MR) is 60.6 cm³/mol. The Kier molecular flexibility index (Phi) is 4.42. The fraction of sp³-hybridized carbons (Fsp3) is 0.400. The van der Waals surface area contributed by atoms with Crippen molar-refractivity contribution in [1.29, 1.82) is 0 Å². The van der Waals surface area contributed by atoms with E-state index in [0.717, 1.165) is 4.90 Å². The number of rotatable bonds is 4. The second-order valence-electron chi connectivity index (χ2n) is 3.15. The Bertz CT molecular complexity index is 344. The highest BCUT2D eigenvalue weighted by molar-refractivity contribution is 7.99. The molecule has 82 valence electrons. The first-order valence-electron chi connectivity index (χ1n) is 4.55. The van der Waals surface area contributed by atoms with Gasteiger partial charge in [0.25, 0.3) is 0 Å². The maximum Gasteiger partial charge on any atom is 0.309 e. The van der Waals surface area contributed by atoms with E-state index < -0.39 is 0 Å². The Hall–Kier alpha value is -1.23. The van der Waals surface area contributed by atoms with E-state index in [-0.39, 0.29) is 11.9 Å². The van der Waals surface area contributed by atoms with Crippen molar-refractivity contribution in [3.8, 4) is 0 Å². The number of hydrogen-bond donors (Lipinski definition) is 1. The molecule has 0 bridgehead atoms. The van der Waals surface area contributed by atoms with Crippen LogP contribution in [0, 0.1) is 5.92 Å². The molecular formula is C10H14N2O2S. The van der Waals surface area contributed by atoms with Gasteiger partial charge in [0, 0.05) is 16.8 Å². The van der Waals surface area contributed by atoms with Crippen LogP contribution in [0.4, 0.5) is 5.69 Å². The number of anilines is 1. The summed E-state index contributed by atoms with van der Waals surface area (Å²) in [6, 6.07) is 1.84. The lowest BCUT2D eigenvalue weighted by molar-refractivity contribution is -0.143. The molecule has 0 radical (unpaired) electrons. The normalized spacial score (nSPS) is 12.1. The van der Waals surface area contributed by atoms with Crippen molar-refractivity contribution in [2.45, 2.75) is 11.8 Å². The van der Waals surface area contributed by atoms with Gasteiger partial charge >= 0.3 is 5.97 Å². The van der Waals surface area contributed by atoms with Crippen molar-refractivity contribution in [3.63, 3.8) is 0 Å². The van der Waals surface area contributed by atoms with Gasteiger partial charge in [0.05, 0.1) is 24.9 Å². The Morgan fingerprint density at radius 3 is 3.07 bits per heavy atom. The molecule has 1 aromatic rings. The Morgan fingerprint density at radius 2 is 2.47 bits per heavy atom. The molecule has 1 rings (SSSR count). The highest BCUT2D eigenvalue weighted by atomic mass is 32.2. The minimum absolute atomic E-state index is 0.132. The molecule has 5 heteroatoms. The van der Waals surface area contributed by atoms with Crippen LogP contribution in [-0.4, -0.2) is 23.8 Å². The van der Waals surface area contributed by atoms with Gasteiger partial charge in [0.2, 0.25) is 0 Å². The van der Waals surface area contributed by atoms with E-state index in [9.17, 15) is 4.79 Å². The van der Waals surface area contributed by atoms with E-state index in [1.165, 1.54) is 18.9 Å². The number of pyridine rings is 1. The van der Waals surface area contributed by atoms with Crippen molar-refractivity contribution in [2.24, 2.45) is 5.92 Å². The number of nitrogen functional groups attached to an aromatic ring is 1. The third-order valence-corrected chi connectivity index (χ3v) is 3.25. The van der Waals surface area contributed by atoms with Crippen LogP contribution in [0.5, 0.6) is 0 Å². The van der Waals surface area contributed by atoms with Crippen LogP contribution in [0.1, 0.15) is 6.92 Å². The zero-order valence-corrected chi connectivity index (χ0v) is 9.58. The smallest absolute Gasteiger partial charge is 0.309 e. The van der Waals surface area contributed by atoms with Crippen LogP contribution in [0.3, 0.4) is 0 Å². The van der Waals surface area contributed by atoms with Crippen LogP contribution in [-0.2, 0) is 9.53 Å².